The summed E-state index contributed by atoms with van der Waals surface area (Å²) < 4.78 is 5.87. The number of nitrogens with two attached hydrogens (primary N) is 1. The van der Waals surface area contributed by atoms with E-state index in [0.717, 1.165) is 5.56 Å². The zero-order valence-corrected chi connectivity index (χ0v) is 23.9. The number of carbonyl (C=O) groups excluding carboxylic acids is 1. The topological polar surface area (TPSA) is 137 Å². The fourth-order valence-electron chi connectivity index (χ4n) is 5.91. The lowest BCUT2D eigenvalue weighted by Gasteiger charge is -2.42. The highest BCUT2D eigenvalue weighted by Crippen LogP contribution is 2.36. The maximum Gasteiger partial charge on any atom is 0.312 e. The number of cyclic esters (lactones) is 1. The van der Waals surface area contributed by atoms with Crippen LogP contribution in [0.5, 0.6) is 0 Å². The van der Waals surface area contributed by atoms with E-state index in [9.17, 15) is 20.1 Å². The van der Waals surface area contributed by atoms with Crippen molar-refractivity contribution in [3.63, 3.8) is 0 Å². The minimum atomic E-state index is -1.51. The standard InChI is InChI=1S/C29H51N3O5/c1-8-25-28(7,35)15-21(4)32-16-19(2)13-27(6,34)14-20(3)29(36,22(5)26(33)37-25)18-31-17-23-11-9-10-12-24(23)30/h9-12,19-22,25,31-32,34-36H,8,13-18,30H2,1-7H3/t19-,20-,21-,22?,25-,27+,28+,29-/m1/s1. The summed E-state index contributed by atoms with van der Waals surface area (Å²) in [5.74, 6) is -1.73. The Morgan fingerprint density at radius 2 is 1.73 bits per heavy atom. The summed E-state index contributed by atoms with van der Waals surface area (Å²) in [4.78, 5) is 13.4. The smallest absolute Gasteiger partial charge is 0.312 e. The van der Waals surface area contributed by atoms with E-state index in [1.54, 1.807) is 20.8 Å². The minimum Gasteiger partial charge on any atom is -0.459 e. The highest BCUT2D eigenvalue weighted by atomic mass is 16.6. The fourth-order valence-corrected chi connectivity index (χ4v) is 5.91. The van der Waals surface area contributed by atoms with Crippen molar-refractivity contribution < 1.29 is 24.9 Å². The van der Waals surface area contributed by atoms with Crippen LogP contribution < -0.4 is 16.4 Å². The number of hydrogen-bond donors (Lipinski definition) is 6. The molecule has 2 rings (SSSR count). The van der Waals surface area contributed by atoms with Gasteiger partial charge in [-0.05, 0) is 83.4 Å². The average Bonchev–Trinajstić information content (AvgIpc) is 2.80. The molecule has 7 N–H and O–H groups in total. The van der Waals surface area contributed by atoms with Crippen molar-refractivity contribution in [2.45, 2.75) is 110 Å². The number of ether oxygens (including phenoxy) is 1. The Bertz CT molecular complexity index is 877. The highest BCUT2D eigenvalue weighted by Gasteiger charge is 2.47. The second-order valence-electron chi connectivity index (χ2n) is 12.1. The van der Waals surface area contributed by atoms with Gasteiger partial charge in [-0.15, -0.1) is 0 Å². The molecule has 0 radical (unpaired) electrons. The van der Waals surface area contributed by atoms with E-state index in [4.69, 9.17) is 10.5 Å². The van der Waals surface area contributed by atoms with Crippen LogP contribution in [-0.2, 0) is 16.1 Å². The molecule has 0 spiro atoms. The Morgan fingerprint density at radius 1 is 1.08 bits per heavy atom. The highest BCUT2D eigenvalue weighted by molar-refractivity contribution is 5.74. The molecule has 1 fully saturated rings. The molecule has 8 atom stereocenters. The number of aliphatic hydroxyl groups is 3. The molecule has 1 heterocycles. The monoisotopic (exact) mass is 521 g/mol. The first-order valence-electron chi connectivity index (χ1n) is 13.8. The van der Waals surface area contributed by atoms with E-state index in [1.165, 1.54) is 0 Å². The van der Waals surface area contributed by atoms with Gasteiger partial charge in [-0.3, -0.25) is 4.79 Å². The van der Waals surface area contributed by atoms with Crippen LogP contribution in [0.1, 0.15) is 79.7 Å². The minimum absolute atomic E-state index is 0.0109. The quantitative estimate of drug-likeness (QED) is 0.257. The number of para-hydroxylation sites is 1. The molecule has 1 aliphatic heterocycles. The lowest BCUT2D eigenvalue weighted by atomic mass is 9.72. The molecule has 0 aromatic heterocycles. The van der Waals surface area contributed by atoms with Crippen LogP contribution in [0.3, 0.4) is 0 Å². The molecule has 1 aromatic carbocycles. The molecule has 0 bridgehead atoms. The van der Waals surface area contributed by atoms with Crippen molar-refractivity contribution in [2.75, 3.05) is 18.8 Å². The summed E-state index contributed by atoms with van der Waals surface area (Å²) in [6, 6.07) is 7.50. The van der Waals surface area contributed by atoms with Gasteiger partial charge in [0, 0.05) is 24.8 Å². The normalized spacial score (nSPS) is 38.9. The number of anilines is 1. The molecule has 1 saturated heterocycles. The van der Waals surface area contributed by atoms with Gasteiger partial charge in [-0.2, -0.15) is 0 Å². The third kappa shape index (κ3) is 8.65. The molecule has 0 aliphatic carbocycles. The maximum atomic E-state index is 13.4. The van der Waals surface area contributed by atoms with Crippen molar-refractivity contribution in [2.24, 2.45) is 17.8 Å². The molecule has 212 valence electrons. The second kappa shape index (κ2) is 12.9. The van der Waals surface area contributed by atoms with Crippen LogP contribution >= 0.6 is 0 Å². The lowest BCUT2D eigenvalue weighted by Crippen LogP contribution is -2.56. The van der Waals surface area contributed by atoms with E-state index >= 15 is 0 Å². The van der Waals surface area contributed by atoms with E-state index in [2.05, 4.69) is 17.6 Å². The van der Waals surface area contributed by atoms with Gasteiger partial charge in [0.15, 0.2) is 0 Å². The number of esters is 1. The van der Waals surface area contributed by atoms with Gasteiger partial charge in [-0.1, -0.05) is 39.0 Å². The summed E-state index contributed by atoms with van der Waals surface area (Å²) in [6.45, 7) is 14.2. The van der Waals surface area contributed by atoms with E-state index in [-0.39, 0.29) is 18.5 Å². The van der Waals surface area contributed by atoms with Crippen molar-refractivity contribution in [1.82, 2.24) is 10.6 Å². The Labute approximate surface area is 223 Å². The summed E-state index contributed by atoms with van der Waals surface area (Å²) in [7, 11) is 0. The van der Waals surface area contributed by atoms with Crippen molar-refractivity contribution in [1.29, 1.82) is 0 Å². The van der Waals surface area contributed by atoms with Crippen molar-refractivity contribution >= 4 is 11.7 Å². The maximum absolute atomic E-state index is 13.4. The molecule has 1 aliphatic rings. The second-order valence-corrected chi connectivity index (χ2v) is 12.1. The van der Waals surface area contributed by atoms with Gasteiger partial charge in [0.2, 0.25) is 0 Å². The third-order valence-corrected chi connectivity index (χ3v) is 8.13. The first-order chi connectivity index (χ1) is 17.1. The fraction of sp³-hybridized carbons (Fsp3) is 0.759. The number of nitrogen functional groups attached to an aromatic ring is 1. The molecule has 1 aromatic rings. The molecule has 0 amide bonds. The summed E-state index contributed by atoms with van der Waals surface area (Å²) in [5, 5.41) is 41.3. The molecule has 8 nitrogen and oxygen atoms in total. The van der Waals surface area contributed by atoms with Gasteiger partial charge in [0.05, 0.1) is 17.1 Å². The summed E-state index contributed by atoms with van der Waals surface area (Å²) >= 11 is 0. The molecular weight excluding hydrogens is 470 g/mol. The van der Waals surface area contributed by atoms with Gasteiger partial charge >= 0.3 is 5.97 Å². The zero-order chi connectivity index (χ0) is 28.0. The average molecular weight is 522 g/mol. The Kier molecular flexibility index (Phi) is 11.0. The van der Waals surface area contributed by atoms with Crippen LogP contribution in [-0.4, -0.2) is 63.3 Å². The summed E-state index contributed by atoms with van der Waals surface area (Å²) in [6.07, 6.45) is 0.979. The van der Waals surface area contributed by atoms with Crippen LogP contribution in [0.25, 0.3) is 0 Å². The molecule has 1 unspecified atom stereocenters. The first-order valence-corrected chi connectivity index (χ1v) is 13.8. The number of benzene rings is 1. The molecule has 0 saturated carbocycles. The van der Waals surface area contributed by atoms with E-state index in [1.807, 2.05) is 45.0 Å². The first kappa shape index (κ1) is 31.5. The van der Waals surface area contributed by atoms with Gasteiger partial charge in [0.1, 0.15) is 11.7 Å². The van der Waals surface area contributed by atoms with Crippen LogP contribution in [0, 0.1) is 17.8 Å². The summed E-state index contributed by atoms with van der Waals surface area (Å²) in [5.41, 5.74) is 3.84. The molecule has 37 heavy (non-hydrogen) atoms. The van der Waals surface area contributed by atoms with Gasteiger partial charge in [-0.25, -0.2) is 0 Å². The van der Waals surface area contributed by atoms with Gasteiger partial charge < -0.3 is 36.4 Å². The Morgan fingerprint density at radius 3 is 2.35 bits per heavy atom. The van der Waals surface area contributed by atoms with E-state index < -0.39 is 40.7 Å². The van der Waals surface area contributed by atoms with Crippen molar-refractivity contribution in [3.8, 4) is 0 Å². The molecule has 8 heteroatoms. The zero-order valence-electron chi connectivity index (χ0n) is 23.9. The van der Waals surface area contributed by atoms with Crippen molar-refractivity contribution in [3.05, 3.63) is 29.8 Å². The predicted octanol–water partition coefficient (Wildman–Crippen LogP) is 2.98. The Hall–Kier alpha value is -1.71. The van der Waals surface area contributed by atoms with Crippen LogP contribution in [0.2, 0.25) is 0 Å². The van der Waals surface area contributed by atoms with Crippen LogP contribution in [0.15, 0.2) is 24.3 Å². The van der Waals surface area contributed by atoms with E-state index in [0.29, 0.717) is 44.5 Å². The lowest BCUT2D eigenvalue weighted by molar-refractivity contribution is -0.182. The Balaban J connectivity index is 2.37. The molecular formula is C29H51N3O5. The number of rotatable bonds is 5. The number of carbonyl (C=O) groups is 1. The predicted molar refractivity (Wildman–Crippen MR) is 148 cm³/mol. The number of nitrogens with one attached hydrogen (secondary N) is 2. The number of hydrogen-bond acceptors (Lipinski definition) is 8. The van der Waals surface area contributed by atoms with Gasteiger partial charge in [0.25, 0.3) is 0 Å². The largest absolute Gasteiger partial charge is 0.459 e. The SMILES string of the molecule is CC[C@H]1OC(=O)C(C)[C@@](O)(CNCc2ccccc2N)[C@H](C)C[C@@](C)(O)C[C@@H](C)CN[C@H](C)C[C@]1(C)O. The third-order valence-electron chi connectivity index (χ3n) is 8.13. The van der Waals surface area contributed by atoms with Crippen LogP contribution in [0.4, 0.5) is 5.69 Å².